The molecule has 1 amide bonds. The zero-order valence-electron chi connectivity index (χ0n) is 11.7. The smallest absolute Gasteiger partial charge is 0.268 e. The lowest BCUT2D eigenvalue weighted by atomic mass is 9.85. The first-order valence-electron chi connectivity index (χ1n) is 6.47. The SMILES string of the molecule is CCn1cccc1C(=O)NC(CCO)C(C)(C)C. The minimum absolute atomic E-state index is 0.0322. The van der Waals surface area contributed by atoms with Crippen molar-refractivity contribution in [3.8, 4) is 0 Å². The van der Waals surface area contributed by atoms with Crippen molar-refractivity contribution in [2.75, 3.05) is 6.61 Å². The lowest BCUT2D eigenvalue weighted by molar-refractivity contribution is 0.0876. The van der Waals surface area contributed by atoms with Crippen LogP contribution < -0.4 is 5.32 Å². The number of rotatable bonds is 5. The Kier molecular flexibility index (Phi) is 4.96. The molecular formula is C14H24N2O2. The van der Waals surface area contributed by atoms with Crippen LogP contribution in [0.4, 0.5) is 0 Å². The maximum Gasteiger partial charge on any atom is 0.268 e. The van der Waals surface area contributed by atoms with Crippen molar-refractivity contribution in [2.45, 2.75) is 46.7 Å². The van der Waals surface area contributed by atoms with E-state index < -0.39 is 0 Å². The summed E-state index contributed by atoms with van der Waals surface area (Å²) < 4.78 is 1.91. The van der Waals surface area contributed by atoms with Crippen LogP contribution in [-0.4, -0.2) is 28.2 Å². The van der Waals surface area contributed by atoms with Gasteiger partial charge in [0.1, 0.15) is 5.69 Å². The largest absolute Gasteiger partial charge is 0.396 e. The van der Waals surface area contributed by atoms with Gasteiger partial charge >= 0.3 is 0 Å². The van der Waals surface area contributed by atoms with Crippen LogP contribution >= 0.6 is 0 Å². The summed E-state index contributed by atoms with van der Waals surface area (Å²) in [6.45, 7) is 9.05. The topological polar surface area (TPSA) is 54.3 Å². The standard InChI is InChI=1S/C14H24N2O2/c1-5-16-9-6-7-11(16)13(18)15-12(8-10-17)14(2,3)4/h6-7,9,12,17H,5,8,10H2,1-4H3,(H,15,18). The van der Waals surface area contributed by atoms with Gasteiger partial charge in [0.15, 0.2) is 0 Å². The van der Waals surface area contributed by atoms with Gasteiger partial charge in [0.2, 0.25) is 0 Å². The molecule has 2 N–H and O–H groups in total. The Balaban J connectivity index is 2.79. The average Bonchev–Trinajstić information content (AvgIpc) is 2.75. The first-order chi connectivity index (χ1) is 8.40. The molecule has 0 radical (unpaired) electrons. The van der Waals surface area contributed by atoms with Crippen LogP contribution in [0.1, 0.15) is 44.6 Å². The molecule has 1 rings (SSSR count). The van der Waals surface area contributed by atoms with Crippen LogP contribution in [-0.2, 0) is 6.54 Å². The predicted molar refractivity (Wildman–Crippen MR) is 72.5 cm³/mol. The second-order valence-corrected chi connectivity index (χ2v) is 5.58. The monoisotopic (exact) mass is 252 g/mol. The maximum absolute atomic E-state index is 12.2. The van der Waals surface area contributed by atoms with Crippen LogP contribution in [0.15, 0.2) is 18.3 Å². The van der Waals surface area contributed by atoms with E-state index in [1.807, 2.05) is 29.8 Å². The summed E-state index contributed by atoms with van der Waals surface area (Å²) in [5.74, 6) is -0.0739. The summed E-state index contributed by atoms with van der Waals surface area (Å²) >= 11 is 0. The van der Waals surface area contributed by atoms with E-state index in [0.717, 1.165) is 6.54 Å². The van der Waals surface area contributed by atoms with Crippen LogP contribution in [0, 0.1) is 5.41 Å². The van der Waals surface area contributed by atoms with E-state index in [-0.39, 0.29) is 24.0 Å². The second-order valence-electron chi connectivity index (χ2n) is 5.58. The molecule has 1 aromatic heterocycles. The highest BCUT2D eigenvalue weighted by Crippen LogP contribution is 2.22. The number of nitrogens with zero attached hydrogens (tertiary/aromatic N) is 1. The molecule has 0 saturated heterocycles. The molecule has 102 valence electrons. The van der Waals surface area contributed by atoms with E-state index in [9.17, 15) is 4.79 Å². The van der Waals surface area contributed by atoms with Crippen molar-refractivity contribution in [1.29, 1.82) is 0 Å². The zero-order chi connectivity index (χ0) is 13.8. The van der Waals surface area contributed by atoms with Gasteiger partial charge in [-0.25, -0.2) is 0 Å². The Labute approximate surface area is 109 Å². The average molecular weight is 252 g/mol. The Morgan fingerprint density at radius 1 is 1.50 bits per heavy atom. The summed E-state index contributed by atoms with van der Waals surface area (Å²) in [6.07, 6.45) is 2.47. The number of hydrogen-bond donors (Lipinski definition) is 2. The van der Waals surface area contributed by atoms with E-state index in [4.69, 9.17) is 5.11 Å². The Bertz CT molecular complexity index is 391. The van der Waals surface area contributed by atoms with Crippen LogP contribution in [0.3, 0.4) is 0 Å². The van der Waals surface area contributed by atoms with Crippen molar-refractivity contribution >= 4 is 5.91 Å². The number of aryl methyl sites for hydroxylation is 1. The Morgan fingerprint density at radius 2 is 2.17 bits per heavy atom. The molecular weight excluding hydrogens is 228 g/mol. The van der Waals surface area contributed by atoms with Crippen molar-refractivity contribution in [1.82, 2.24) is 9.88 Å². The summed E-state index contributed by atoms with van der Waals surface area (Å²) in [7, 11) is 0. The van der Waals surface area contributed by atoms with Gasteiger partial charge in [-0.05, 0) is 30.9 Å². The highest BCUT2D eigenvalue weighted by molar-refractivity contribution is 5.93. The molecule has 0 aliphatic heterocycles. The molecule has 0 aliphatic rings. The molecule has 1 aromatic rings. The van der Waals surface area contributed by atoms with Crippen molar-refractivity contribution in [2.24, 2.45) is 5.41 Å². The van der Waals surface area contributed by atoms with Gasteiger partial charge in [-0.15, -0.1) is 0 Å². The van der Waals surface area contributed by atoms with E-state index in [2.05, 4.69) is 26.1 Å². The Morgan fingerprint density at radius 3 is 2.67 bits per heavy atom. The summed E-state index contributed by atoms with van der Waals surface area (Å²) in [6, 6.07) is 3.66. The van der Waals surface area contributed by atoms with Gasteiger partial charge in [-0.2, -0.15) is 0 Å². The molecule has 4 heteroatoms. The third-order valence-corrected chi connectivity index (χ3v) is 3.17. The minimum atomic E-state index is -0.0739. The zero-order valence-corrected chi connectivity index (χ0v) is 11.7. The molecule has 0 aromatic carbocycles. The normalized spacial score (nSPS) is 13.4. The summed E-state index contributed by atoms with van der Waals surface area (Å²) in [5, 5.41) is 12.1. The fourth-order valence-corrected chi connectivity index (χ4v) is 1.98. The first kappa shape index (κ1) is 14.8. The number of amides is 1. The van der Waals surface area contributed by atoms with Gasteiger partial charge in [0.05, 0.1) is 0 Å². The lowest BCUT2D eigenvalue weighted by Gasteiger charge is -2.31. The number of aromatic nitrogens is 1. The molecule has 18 heavy (non-hydrogen) atoms. The van der Waals surface area contributed by atoms with Gasteiger partial charge in [-0.1, -0.05) is 20.8 Å². The van der Waals surface area contributed by atoms with Crippen LogP contribution in [0.5, 0.6) is 0 Å². The highest BCUT2D eigenvalue weighted by atomic mass is 16.3. The summed E-state index contributed by atoms with van der Waals surface area (Å²) in [5.41, 5.74) is 0.604. The molecule has 0 spiro atoms. The van der Waals surface area contributed by atoms with E-state index in [0.29, 0.717) is 12.1 Å². The molecule has 0 bridgehead atoms. The van der Waals surface area contributed by atoms with Crippen molar-refractivity contribution in [3.63, 3.8) is 0 Å². The van der Waals surface area contributed by atoms with Gasteiger partial charge < -0.3 is 15.0 Å². The second kappa shape index (κ2) is 6.05. The van der Waals surface area contributed by atoms with Crippen molar-refractivity contribution < 1.29 is 9.90 Å². The predicted octanol–water partition coefficient (Wildman–Crippen LogP) is 2.03. The number of aliphatic hydroxyl groups is 1. The van der Waals surface area contributed by atoms with E-state index in [1.54, 1.807) is 0 Å². The molecule has 1 atom stereocenters. The molecule has 0 fully saturated rings. The quantitative estimate of drug-likeness (QED) is 0.842. The molecule has 0 saturated carbocycles. The van der Waals surface area contributed by atoms with E-state index >= 15 is 0 Å². The fraction of sp³-hybridized carbons (Fsp3) is 0.643. The number of carbonyl (C=O) groups excluding carboxylic acids is 1. The Hall–Kier alpha value is -1.29. The minimum Gasteiger partial charge on any atom is -0.396 e. The lowest BCUT2D eigenvalue weighted by Crippen LogP contribution is -2.44. The number of aliphatic hydroxyl groups excluding tert-OH is 1. The molecule has 1 unspecified atom stereocenters. The number of hydrogen-bond acceptors (Lipinski definition) is 2. The van der Waals surface area contributed by atoms with E-state index in [1.165, 1.54) is 0 Å². The maximum atomic E-state index is 12.2. The number of nitrogens with one attached hydrogen (secondary N) is 1. The molecule has 4 nitrogen and oxygen atoms in total. The molecule has 1 heterocycles. The van der Waals surface area contributed by atoms with Gasteiger partial charge in [-0.3, -0.25) is 4.79 Å². The fourth-order valence-electron chi connectivity index (χ4n) is 1.98. The third kappa shape index (κ3) is 3.60. The number of carbonyl (C=O) groups is 1. The van der Waals surface area contributed by atoms with Crippen molar-refractivity contribution in [3.05, 3.63) is 24.0 Å². The first-order valence-corrected chi connectivity index (χ1v) is 6.47. The third-order valence-electron chi connectivity index (χ3n) is 3.17. The van der Waals surface area contributed by atoms with Crippen LogP contribution in [0.25, 0.3) is 0 Å². The van der Waals surface area contributed by atoms with Gasteiger partial charge in [0.25, 0.3) is 5.91 Å². The van der Waals surface area contributed by atoms with Gasteiger partial charge in [0, 0.05) is 25.4 Å². The summed E-state index contributed by atoms with van der Waals surface area (Å²) in [4.78, 5) is 12.2. The van der Waals surface area contributed by atoms with Crippen LogP contribution in [0.2, 0.25) is 0 Å². The highest BCUT2D eigenvalue weighted by Gasteiger charge is 2.26. The molecule has 0 aliphatic carbocycles.